The molecule has 0 fully saturated rings. The highest BCUT2D eigenvalue weighted by molar-refractivity contribution is 6.19. The van der Waals surface area contributed by atoms with Gasteiger partial charge in [0, 0.05) is 12.2 Å². The monoisotopic (exact) mass is 338 g/mol. The first-order valence-corrected chi connectivity index (χ1v) is 8.35. The molecule has 1 aliphatic rings. The van der Waals surface area contributed by atoms with E-state index in [2.05, 4.69) is 5.32 Å². The maximum Gasteiger partial charge on any atom is 0.280 e. The van der Waals surface area contributed by atoms with E-state index in [1.807, 2.05) is 57.2 Å². The number of anilines is 2. The van der Waals surface area contributed by atoms with Crippen molar-refractivity contribution in [1.29, 1.82) is 0 Å². The molecule has 0 saturated heterocycles. The van der Waals surface area contributed by atoms with E-state index >= 15 is 0 Å². The van der Waals surface area contributed by atoms with Gasteiger partial charge in [0.25, 0.3) is 17.4 Å². The summed E-state index contributed by atoms with van der Waals surface area (Å²) in [4.78, 5) is 27.5. The molecule has 1 heterocycles. The molecule has 0 radical (unpaired) electrons. The molecule has 0 saturated carbocycles. The van der Waals surface area contributed by atoms with Crippen LogP contribution >= 0.6 is 0 Å². The summed E-state index contributed by atoms with van der Waals surface area (Å²) >= 11 is 0. The standard InChI is InChI=1S/C20H22N2O3/c1-5-22-16-8-6-7-9-17(16)25-20(4,19(22)24)18(23)21-15-12-13(2)10-11-14(15)3/h6-12H,5H2,1-4H3,(H,21,23). The Morgan fingerprint density at radius 3 is 2.64 bits per heavy atom. The lowest BCUT2D eigenvalue weighted by molar-refractivity contribution is -0.145. The fraction of sp³-hybridized carbons (Fsp3) is 0.300. The molecule has 1 N–H and O–H groups in total. The maximum absolute atomic E-state index is 13.0. The minimum absolute atomic E-state index is 0.364. The highest BCUT2D eigenvalue weighted by atomic mass is 16.5. The van der Waals surface area contributed by atoms with Gasteiger partial charge in [0.15, 0.2) is 0 Å². The fourth-order valence-corrected chi connectivity index (χ4v) is 2.97. The molecule has 0 bridgehead atoms. The van der Waals surface area contributed by atoms with Crippen molar-refractivity contribution in [3.05, 3.63) is 53.6 Å². The van der Waals surface area contributed by atoms with E-state index in [9.17, 15) is 9.59 Å². The van der Waals surface area contributed by atoms with Gasteiger partial charge in [-0.2, -0.15) is 0 Å². The van der Waals surface area contributed by atoms with E-state index < -0.39 is 11.5 Å². The summed E-state index contributed by atoms with van der Waals surface area (Å²) in [5.74, 6) is -0.307. The Balaban J connectivity index is 1.96. The van der Waals surface area contributed by atoms with Gasteiger partial charge in [0.05, 0.1) is 5.69 Å². The first-order chi connectivity index (χ1) is 11.9. The molecule has 0 aromatic heterocycles. The van der Waals surface area contributed by atoms with Gasteiger partial charge in [0.1, 0.15) is 5.75 Å². The van der Waals surface area contributed by atoms with Crippen LogP contribution in [-0.4, -0.2) is 24.0 Å². The third-order valence-electron chi connectivity index (χ3n) is 4.51. The summed E-state index contributed by atoms with van der Waals surface area (Å²) in [7, 11) is 0. The quantitative estimate of drug-likeness (QED) is 0.872. The SMILES string of the molecule is CCN1C(=O)C(C)(C(=O)Nc2cc(C)ccc2C)Oc2ccccc21. The molecule has 1 atom stereocenters. The molecule has 1 unspecified atom stereocenters. The average Bonchev–Trinajstić information content (AvgIpc) is 2.59. The molecule has 2 amide bonds. The van der Waals surface area contributed by atoms with Crippen LogP contribution in [0.3, 0.4) is 0 Å². The number of rotatable bonds is 3. The Hall–Kier alpha value is -2.82. The van der Waals surface area contributed by atoms with Gasteiger partial charge in [-0.05, 0) is 57.0 Å². The summed E-state index contributed by atoms with van der Waals surface area (Å²) in [6.07, 6.45) is 0. The van der Waals surface area contributed by atoms with Crippen molar-refractivity contribution in [3.63, 3.8) is 0 Å². The van der Waals surface area contributed by atoms with Gasteiger partial charge in [-0.15, -0.1) is 0 Å². The lowest BCUT2D eigenvalue weighted by Crippen LogP contribution is -2.60. The van der Waals surface area contributed by atoms with E-state index in [4.69, 9.17) is 4.74 Å². The zero-order chi connectivity index (χ0) is 18.2. The molecule has 25 heavy (non-hydrogen) atoms. The predicted octanol–water partition coefficient (Wildman–Crippen LogP) is 3.45. The smallest absolute Gasteiger partial charge is 0.280 e. The van der Waals surface area contributed by atoms with Crippen molar-refractivity contribution in [1.82, 2.24) is 0 Å². The number of nitrogens with one attached hydrogen (secondary N) is 1. The second-order valence-corrected chi connectivity index (χ2v) is 6.42. The molecule has 5 nitrogen and oxygen atoms in total. The van der Waals surface area contributed by atoms with Crippen molar-refractivity contribution < 1.29 is 14.3 Å². The van der Waals surface area contributed by atoms with Crippen LogP contribution in [0, 0.1) is 13.8 Å². The number of fused-ring (bicyclic) bond motifs is 1. The second-order valence-electron chi connectivity index (χ2n) is 6.42. The number of aryl methyl sites for hydroxylation is 2. The summed E-state index contributed by atoms with van der Waals surface area (Å²) < 4.78 is 5.86. The third-order valence-corrected chi connectivity index (χ3v) is 4.51. The molecule has 0 aliphatic carbocycles. The minimum atomic E-state index is -1.61. The van der Waals surface area contributed by atoms with Crippen molar-refractivity contribution >= 4 is 23.2 Å². The van der Waals surface area contributed by atoms with E-state index in [0.717, 1.165) is 11.1 Å². The molecule has 3 rings (SSSR count). The zero-order valence-electron chi connectivity index (χ0n) is 14.9. The van der Waals surface area contributed by atoms with Crippen LogP contribution in [0.2, 0.25) is 0 Å². The van der Waals surface area contributed by atoms with Gasteiger partial charge in [-0.3, -0.25) is 9.59 Å². The maximum atomic E-state index is 13.0. The van der Waals surface area contributed by atoms with Gasteiger partial charge in [-0.25, -0.2) is 0 Å². The van der Waals surface area contributed by atoms with Crippen LogP contribution < -0.4 is 15.0 Å². The first-order valence-electron chi connectivity index (χ1n) is 8.35. The summed E-state index contributed by atoms with van der Waals surface area (Å²) in [6, 6.07) is 13.1. The average molecular weight is 338 g/mol. The van der Waals surface area contributed by atoms with Gasteiger partial charge in [0.2, 0.25) is 0 Å². The number of ether oxygens (including phenoxy) is 1. The lowest BCUT2D eigenvalue weighted by atomic mass is 9.99. The molecule has 1 aliphatic heterocycles. The number of para-hydroxylation sites is 2. The molecule has 2 aromatic rings. The van der Waals surface area contributed by atoms with E-state index in [1.54, 1.807) is 11.0 Å². The number of nitrogens with zero attached hydrogens (tertiary/aromatic N) is 1. The third kappa shape index (κ3) is 2.86. The molecular formula is C20H22N2O3. The normalized spacial score (nSPS) is 19.2. The fourth-order valence-electron chi connectivity index (χ4n) is 2.97. The molecule has 130 valence electrons. The Morgan fingerprint density at radius 1 is 1.20 bits per heavy atom. The summed E-state index contributed by atoms with van der Waals surface area (Å²) in [6.45, 7) is 7.73. The van der Waals surface area contributed by atoms with Crippen molar-refractivity contribution in [2.75, 3.05) is 16.8 Å². The van der Waals surface area contributed by atoms with Crippen molar-refractivity contribution in [2.24, 2.45) is 0 Å². The zero-order valence-corrected chi connectivity index (χ0v) is 14.9. The van der Waals surface area contributed by atoms with Crippen LogP contribution in [0.1, 0.15) is 25.0 Å². The Morgan fingerprint density at radius 2 is 1.92 bits per heavy atom. The Kier molecular flexibility index (Phi) is 4.25. The largest absolute Gasteiger partial charge is 0.465 e. The van der Waals surface area contributed by atoms with Crippen LogP contribution in [0.15, 0.2) is 42.5 Å². The van der Waals surface area contributed by atoms with Crippen LogP contribution in [-0.2, 0) is 9.59 Å². The van der Waals surface area contributed by atoms with E-state index in [-0.39, 0.29) is 5.91 Å². The highest BCUT2D eigenvalue weighted by Crippen LogP contribution is 2.38. The van der Waals surface area contributed by atoms with Crippen LogP contribution in [0.25, 0.3) is 0 Å². The number of benzene rings is 2. The topological polar surface area (TPSA) is 58.6 Å². The Bertz CT molecular complexity index is 847. The van der Waals surface area contributed by atoms with Gasteiger partial charge < -0.3 is 15.0 Å². The molecule has 5 heteroatoms. The number of likely N-dealkylation sites (N-methyl/N-ethyl adjacent to an activating group) is 1. The number of carbonyl (C=O) groups excluding carboxylic acids is 2. The van der Waals surface area contributed by atoms with E-state index in [0.29, 0.717) is 23.7 Å². The predicted molar refractivity (Wildman–Crippen MR) is 98.0 cm³/mol. The first kappa shape index (κ1) is 17.0. The molecule has 2 aromatic carbocycles. The summed E-state index contributed by atoms with van der Waals surface area (Å²) in [5.41, 5.74) is 1.72. The van der Waals surface area contributed by atoms with Crippen LogP contribution in [0.5, 0.6) is 5.75 Å². The van der Waals surface area contributed by atoms with Gasteiger partial charge >= 0.3 is 0 Å². The molecule has 0 spiro atoms. The Labute approximate surface area is 147 Å². The number of hydrogen-bond acceptors (Lipinski definition) is 3. The molecular weight excluding hydrogens is 316 g/mol. The van der Waals surface area contributed by atoms with Crippen molar-refractivity contribution in [3.8, 4) is 5.75 Å². The number of carbonyl (C=O) groups is 2. The second kappa shape index (κ2) is 6.24. The van der Waals surface area contributed by atoms with Crippen molar-refractivity contribution in [2.45, 2.75) is 33.3 Å². The van der Waals surface area contributed by atoms with Crippen LogP contribution in [0.4, 0.5) is 11.4 Å². The lowest BCUT2D eigenvalue weighted by Gasteiger charge is -2.39. The number of amides is 2. The number of hydrogen-bond donors (Lipinski definition) is 1. The summed E-state index contributed by atoms with van der Waals surface area (Å²) in [5, 5.41) is 2.86. The highest BCUT2D eigenvalue weighted by Gasteiger charge is 2.50. The van der Waals surface area contributed by atoms with E-state index in [1.165, 1.54) is 6.92 Å². The minimum Gasteiger partial charge on any atom is -0.465 e. The van der Waals surface area contributed by atoms with Gasteiger partial charge in [-0.1, -0.05) is 24.3 Å².